The molecule has 0 radical (unpaired) electrons. The number of anilines is 2. The predicted molar refractivity (Wildman–Crippen MR) is 134 cm³/mol. The van der Waals surface area contributed by atoms with E-state index in [4.69, 9.17) is 0 Å². The summed E-state index contributed by atoms with van der Waals surface area (Å²) in [7, 11) is -3.66. The van der Waals surface area contributed by atoms with Crippen LogP contribution in [0.15, 0.2) is 77.7 Å². The smallest absolute Gasteiger partial charge is 0.247 e. The third-order valence-electron chi connectivity index (χ3n) is 5.06. The molecule has 0 unspecified atom stereocenters. The molecule has 32 heavy (non-hydrogen) atoms. The van der Waals surface area contributed by atoms with Crippen molar-refractivity contribution in [2.24, 2.45) is 0 Å². The molecule has 3 aromatic rings. The standard InChI is InChI=1S/C25H28N2O3S2/c1-18-10-11-19(2)24(16-18)27(32(4,29)30)20(3)25(28)26-22-14-12-21(13-15-22)17-31-23-8-6-5-7-9-23/h5-16,20H,17H2,1-4H3,(H,26,28)/t20-/m1/s1. The fraction of sp³-hybridized carbons (Fsp3) is 0.240. The first-order chi connectivity index (χ1) is 15.1. The molecule has 0 heterocycles. The molecule has 1 N–H and O–H groups in total. The summed E-state index contributed by atoms with van der Waals surface area (Å²) in [5.74, 6) is 0.436. The summed E-state index contributed by atoms with van der Waals surface area (Å²) in [6.07, 6.45) is 1.12. The number of aryl methyl sites for hydroxylation is 2. The van der Waals surface area contributed by atoms with Gasteiger partial charge in [0.2, 0.25) is 15.9 Å². The van der Waals surface area contributed by atoms with Gasteiger partial charge in [-0.1, -0.05) is 42.5 Å². The lowest BCUT2D eigenvalue weighted by Crippen LogP contribution is -2.45. The number of nitrogens with zero attached hydrogens (tertiary/aromatic N) is 1. The van der Waals surface area contributed by atoms with Gasteiger partial charge in [-0.2, -0.15) is 0 Å². The Kier molecular flexibility index (Phi) is 7.64. The fourth-order valence-electron chi connectivity index (χ4n) is 3.35. The Bertz CT molecular complexity index is 1180. The van der Waals surface area contributed by atoms with Crippen molar-refractivity contribution in [3.8, 4) is 0 Å². The lowest BCUT2D eigenvalue weighted by atomic mass is 10.1. The highest BCUT2D eigenvalue weighted by Crippen LogP contribution is 2.27. The van der Waals surface area contributed by atoms with Crippen LogP contribution in [0.1, 0.15) is 23.6 Å². The van der Waals surface area contributed by atoms with E-state index in [-0.39, 0.29) is 5.91 Å². The van der Waals surface area contributed by atoms with Gasteiger partial charge in [0, 0.05) is 16.3 Å². The number of carbonyl (C=O) groups excluding carboxylic acids is 1. The van der Waals surface area contributed by atoms with Crippen molar-refractivity contribution in [1.82, 2.24) is 0 Å². The number of thioether (sulfide) groups is 1. The molecule has 0 fully saturated rings. The Hall–Kier alpha value is -2.77. The number of nitrogens with one attached hydrogen (secondary N) is 1. The lowest BCUT2D eigenvalue weighted by molar-refractivity contribution is -0.116. The molecule has 0 aliphatic rings. The summed E-state index contributed by atoms with van der Waals surface area (Å²) in [4.78, 5) is 14.1. The van der Waals surface area contributed by atoms with Gasteiger partial charge < -0.3 is 5.32 Å². The number of rotatable bonds is 8. The number of hydrogen-bond donors (Lipinski definition) is 1. The van der Waals surface area contributed by atoms with Crippen molar-refractivity contribution in [1.29, 1.82) is 0 Å². The maximum atomic E-state index is 12.9. The van der Waals surface area contributed by atoms with Gasteiger partial charge in [0.25, 0.3) is 0 Å². The summed E-state index contributed by atoms with van der Waals surface area (Å²) in [5, 5.41) is 2.85. The Morgan fingerprint density at radius 2 is 1.66 bits per heavy atom. The summed E-state index contributed by atoms with van der Waals surface area (Å²) < 4.78 is 26.3. The molecule has 0 aliphatic heterocycles. The van der Waals surface area contributed by atoms with Crippen LogP contribution in [0.4, 0.5) is 11.4 Å². The average Bonchev–Trinajstić information content (AvgIpc) is 2.75. The average molecular weight is 469 g/mol. The molecule has 0 aliphatic carbocycles. The normalized spacial score (nSPS) is 12.2. The second kappa shape index (κ2) is 10.2. The highest BCUT2D eigenvalue weighted by atomic mass is 32.2. The first-order valence-corrected chi connectivity index (χ1v) is 13.1. The van der Waals surface area contributed by atoms with Crippen molar-refractivity contribution in [3.63, 3.8) is 0 Å². The Morgan fingerprint density at radius 1 is 1.00 bits per heavy atom. The summed E-state index contributed by atoms with van der Waals surface area (Å²) in [6, 6.07) is 22.5. The van der Waals surface area contributed by atoms with Gasteiger partial charge >= 0.3 is 0 Å². The van der Waals surface area contributed by atoms with E-state index in [9.17, 15) is 13.2 Å². The highest BCUT2D eigenvalue weighted by molar-refractivity contribution is 7.98. The first-order valence-electron chi connectivity index (χ1n) is 10.3. The predicted octanol–water partition coefficient (Wildman–Crippen LogP) is 5.39. The summed E-state index contributed by atoms with van der Waals surface area (Å²) in [5.41, 5.74) is 4.00. The molecule has 1 atom stereocenters. The van der Waals surface area contributed by atoms with Crippen LogP contribution in [0, 0.1) is 13.8 Å². The molecule has 168 valence electrons. The molecule has 5 nitrogen and oxygen atoms in total. The van der Waals surface area contributed by atoms with E-state index in [2.05, 4.69) is 17.4 Å². The van der Waals surface area contributed by atoms with Crippen molar-refractivity contribution in [3.05, 3.63) is 89.5 Å². The van der Waals surface area contributed by atoms with E-state index in [1.165, 1.54) is 9.20 Å². The zero-order valence-corrected chi connectivity index (χ0v) is 20.3. The van der Waals surface area contributed by atoms with Crippen LogP contribution in [0.25, 0.3) is 0 Å². The number of benzene rings is 3. The minimum atomic E-state index is -3.66. The maximum Gasteiger partial charge on any atom is 0.247 e. The number of sulfonamides is 1. The van der Waals surface area contributed by atoms with Gasteiger partial charge in [0.15, 0.2) is 0 Å². The Morgan fingerprint density at radius 3 is 2.28 bits per heavy atom. The van der Waals surface area contributed by atoms with E-state index in [0.29, 0.717) is 11.4 Å². The van der Waals surface area contributed by atoms with Crippen LogP contribution in [-0.4, -0.2) is 26.6 Å². The number of hydrogen-bond acceptors (Lipinski definition) is 4. The van der Waals surface area contributed by atoms with Crippen molar-refractivity contribution in [2.75, 3.05) is 15.9 Å². The second-order valence-corrected chi connectivity index (χ2v) is 10.7. The van der Waals surface area contributed by atoms with E-state index >= 15 is 0 Å². The molecule has 0 bridgehead atoms. The SMILES string of the molecule is Cc1ccc(C)c(N([C@H](C)C(=O)Nc2ccc(CSc3ccccc3)cc2)S(C)(=O)=O)c1. The van der Waals surface area contributed by atoms with E-state index in [1.807, 2.05) is 68.4 Å². The zero-order chi connectivity index (χ0) is 23.3. The molecule has 1 amide bonds. The quantitative estimate of drug-likeness (QED) is 0.450. The molecule has 3 aromatic carbocycles. The molecule has 0 aromatic heterocycles. The van der Waals surface area contributed by atoms with Crippen LogP contribution in [0.2, 0.25) is 0 Å². The third-order valence-corrected chi connectivity index (χ3v) is 7.37. The molecular formula is C25H28N2O3S2. The van der Waals surface area contributed by atoms with E-state index in [1.54, 1.807) is 24.8 Å². The van der Waals surface area contributed by atoms with Crippen LogP contribution < -0.4 is 9.62 Å². The highest BCUT2D eigenvalue weighted by Gasteiger charge is 2.30. The van der Waals surface area contributed by atoms with Crippen LogP contribution in [0.3, 0.4) is 0 Å². The van der Waals surface area contributed by atoms with Crippen LogP contribution in [0.5, 0.6) is 0 Å². The van der Waals surface area contributed by atoms with Gasteiger partial charge in [0.1, 0.15) is 6.04 Å². The van der Waals surface area contributed by atoms with Gasteiger partial charge in [0.05, 0.1) is 11.9 Å². The zero-order valence-electron chi connectivity index (χ0n) is 18.7. The van der Waals surface area contributed by atoms with Crippen molar-refractivity contribution >= 4 is 39.1 Å². The lowest BCUT2D eigenvalue weighted by Gasteiger charge is -2.29. The molecule has 3 rings (SSSR count). The second-order valence-electron chi connectivity index (χ2n) is 7.81. The summed E-state index contributed by atoms with van der Waals surface area (Å²) in [6.45, 7) is 5.33. The van der Waals surface area contributed by atoms with Gasteiger partial charge in [-0.25, -0.2) is 8.42 Å². The molecular weight excluding hydrogens is 440 g/mol. The largest absolute Gasteiger partial charge is 0.324 e. The van der Waals surface area contributed by atoms with Gasteiger partial charge in [-0.3, -0.25) is 9.10 Å². The van der Waals surface area contributed by atoms with Crippen molar-refractivity contribution < 1.29 is 13.2 Å². The maximum absolute atomic E-state index is 12.9. The fourth-order valence-corrected chi connectivity index (χ4v) is 5.45. The van der Waals surface area contributed by atoms with E-state index in [0.717, 1.165) is 28.7 Å². The number of carbonyl (C=O) groups is 1. The van der Waals surface area contributed by atoms with Crippen LogP contribution >= 0.6 is 11.8 Å². The topological polar surface area (TPSA) is 66.5 Å². The summed E-state index contributed by atoms with van der Waals surface area (Å²) >= 11 is 1.74. The van der Waals surface area contributed by atoms with E-state index < -0.39 is 16.1 Å². The molecule has 0 saturated heterocycles. The molecule has 0 spiro atoms. The molecule has 7 heteroatoms. The minimum absolute atomic E-state index is 0.386. The Balaban J connectivity index is 1.71. The minimum Gasteiger partial charge on any atom is -0.324 e. The van der Waals surface area contributed by atoms with Crippen LogP contribution in [-0.2, 0) is 20.6 Å². The number of amides is 1. The monoisotopic (exact) mass is 468 g/mol. The molecule has 0 saturated carbocycles. The third kappa shape index (κ3) is 6.14. The Labute approximate surface area is 194 Å². The van der Waals surface area contributed by atoms with Crippen molar-refractivity contribution in [2.45, 2.75) is 37.5 Å². The van der Waals surface area contributed by atoms with Gasteiger partial charge in [-0.15, -0.1) is 11.8 Å². The first kappa shape index (κ1) is 23.9. The van der Waals surface area contributed by atoms with Gasteiger partial charge in [-0.05, 0) is 67.8 Å².